The van der Waals surface area contributed by atoms with Crippen molar-refractivity contribution in [1.29, 1.82) is 0 Å². The van der Waals surface area contributed by atoms with Gasteiger partial charge in [0.15, 0.2) is 11.5 Å². The zero-order valence-corrected chi connectivity index (χ0v) is 15.8. The average molecular weight is 389 g/mol. The number of likely N-dealkylation sites (N-methyl/N-ethyl adjacent to an activating group) is 1. The molecule has 0 atom stereocenters. The topological polar surface area (TPSA) is 66.9 Å². The SMILES string of the molecule is CN1CCN(c2ccc(NC(=O)c3cc(Cl)c4c(c3)OCCO4)cn2)CC1. The highest BCUT2D eigenvalue weighted by Gasteiger charge is 2.20. The van der Waals surface area contributed by atoms with Crippen LogP contribution in [0.25, 0.3) is 0 Å². The summed E-state index contributed by atoms with van der Waals surface area (Å²) < 4.78 is 11.0. The second kappa shape index (κ2) is 7.62. The smallest absolute Gasteiger partial charge is 0.255 e. The molecule has 8 heteroatoms. The molecule has 0 radical (unpaired) electrons. The van der Waals surface area contributed by atoms with E-state index < -0.39 is 0 Å². The number of hydrogen-bond donors (Lipinski definition) is 1. The first-order valence-electron chi connectivity index (χ1n) is 8.90. The van der Waals surface area contributed by atoms with Crippen LogP contribution in [0.1, 0.15) is 10.4 Å². The van der Waals surface area contributed by atoms with Crippen molar-refractivity contribution in [3.63, 3.8) is 0 Å². The second-order valence-electron chi connectivity index (χ2n) is 6.63. The highest BCUT2D eigenvalue weighted by Crippen LogP contribution is 2.38. The molecule has 1 N–H and O–H groups in total. The summed E-state index contributed by atoms with van der Waals surface area (Å²) in [6.45, 7) is 4.82. The van der Waals surface area contributed by atoms with E-state index >= 15 is 0 Å². The maximum Gasteiger partial charge on any atom is 0.255 e. The van der Waals surface area contributed by atoms with Gasteiger partial charge >= 0.3 is 0 Å². The second-order valence-corrected chi connectivity index (χ2v) is 7.04. The van der Waals surface area contributed by atoms with Crippen LogP contribution in [-0.2, 0) is 0 Å². The number of pyridine rings is 1. The molecular formula is C19H21ClN4O3. The monoisotopic (exact) mass is 388 g/mol. The molecule has 0 unspecified atom stereocenters. The fraction of sp³-hybridized carbons (Fsp3) is 0.368. The standard InChI is InChI=1S/C19H21ClN4O3/c1-23-4-6-24(7-5-23)17-3-2-14(12-21-17)22-19(25)13-10-15(20)18-16(11-13)26-8-9-27-18/h2-3,10-12H,4-9H2,1H3,(H,22,25). The number of carbonyl (C=O) groups is 1. The van der Waals surface area contributed by atoms with Crippen molar-refractivity contribution in [2.45, 2.75) is 0 Å². The quantitative estimate of drug-likeness (QED) is 0.871. The van der Waals surface area contributed by atoms with Crippen LogP contribution in [0.15, 0.2) is 30.5 Å². The summed E-state index contributed by atoms with van der Waals surface area (Å²) in [5.74, 6) is 1.62. The Balaban J connectivity index is 1.44. The predicted octanol–water partition coefficient (Wildman–Crippen LogP) is 2.51. The predicted molar refractivity (Wildman–Crippen MR) is 104 cm³/mol. The van der Waals surface area contributed by atoms with Gasteiger partial charge in [0, 0.05) is 31.7 Å². The zero-order valence-electron chi connectivity index (χ0n) is 15.1. The molecular weight excluding hydrogens is 368 g/mol. The van der Waals surface area contributed by atoms with E-state index in [9.17, 15) is 4.79 Å². The third kappa shape index (κ3) is 3.94. The van der Waals surface area contributed by atoms with Crippen molar-refractivity contribution < 1.29 is 14.3 Å². The largest absolute Gasteiger partial charge is 0.486 e. The lowest BCUT2D eigenvalue weighted by Crippen LogP contribution is -2.44. The van der Waals surface area contributed by atoms with Crippen LogP contribution in [0.4, 0.5) is 11.5 Å². The maximum absolute atomic E-state index is 12.6. The van der Waals surface area contributed by atoms with Crippen LogP contribution in [-0.4, -0.2) is 62.2 Å². The lowest BCUT2D eigenvalue weighted by atomic mass is 10.1. The Hall–Kier alpha value is -2.51. The lowest BCUT2D eigenvalue weighted by Gasteiger charge is -2.33. The van der Waals surface area contributed by atoms with Gasteiger partial charge < -0.3 is 24.6 Å². The third-order valence-electron chi connectivity index (χ3n) is 4.69. The summed E-state index contributed by atoms with van der Waals surface area (Å²) in [5.41, 5.74) is 1.04. The Morgan fingerprint density at radius 3 is 2.67 bits per heavy atom. The number of carbonyl (C=O) groups excluding carboxylic acids is 1. The molecule has 1 saturated heterocycles. The molecule has 142 valence electrons. The van der Waals surface area contributed by atoms with Gasteiger partial charge in [0.25, 0.3) is 5.91 Å². The van der Waals surface area contributed by atoms with Gasteiger partial charge in [-0.05, 0) is 31.3 Å². The van der Waals surface area contributed by atoms with Crippen LogP contribution in [0.5, 0.6) is 11.5 Å². The van der Waals surface area contributed by atoms with Crippen LogP contribution in [0.3, 0.4) is 0 Å². The van der Waals surface area contributed by atoms with Gasteiger partial charge in [-0.25, -0.2) is 4.98 Å². The Morgan fingerprint density at radius 2 is 1.93 bits per heavy atom. The first kappa shape index (κ1) is 17.9. The normalized spacial score (nSPS) is 16.9. The first-order valence-corrected chi connectivity index (χ1v) is 9.28. The fourth-order valence-electron chi connectivity index (χ4n) is 3.13. The number of fused-ring (bicyclic) bond motifs is 1. The molecule has 0 aliphatic carbocycles. The number of amides is 1. The van der Waals surface area contributed by atoms with Crippen molar-refractivity contribution in [1.82, 2.24) is 9.88 Å². The van der Waals surface area contributed by atoms with E-state index in [1.807, 2.05) is 12.1 Å². The molecule has 2 aromatic rings. The number of halogens is 1. The van der Waals surface area contributed by atoms with Crippen LogP contribution < -0.4 is 19.7 Å². The Labute approximate surface area is 162 Å². The molecule has 7 nitrogen and oxygen atoms in total. The summed E-state index contributed by atoms with van der Waals surface area (Å²) in [4.78, 5) is 21.6. The molecule has 0 bridgehead atoms. The molecule has 1 fully saturated rings. The summed E-state index contributed by atoms with van der Waals surface area (Å²) in [7, 11) is 2.12. The molecule has 1 aromatic carbocycles. The van der Waals surface area contributed by atoms with Gasteiger partial charge in [-0.3, -0.25) is 4.79 Å². The van der Waals surface area contributed by atoms with Crippen molar-refractivity contribution in [2.75, 3.05) is 56.7 Å². The van der Waals surface area contributed by atoms with Gasteiger partial charge in [0.1, 0.15) is 19.0 Å². The number of hydrogen-bond acceptors (Lipinski definition) is 6. The van der Waals surface area contributed by atoms with Crippen molar-refractivity contribution >= 4 is 29.0 Å². The fourth-order valence-corrected chi connectivity index (χ4v) is 3.39. The summed E-state index contributed by atoms with van der Waals surface area (Å²) in [6, 6.07) is 7.01. The van der Waals surface area contributed by atoms with E-state index in [1.165, 1.54) is 0 Å². The van der Waals surface area contributed by atoms with Crippen molar-refractivity contribution in [3.8, 4) is 11.5 Å². The molecule has 2 aliphatic rings. The lowest BCUT2D eigenvalue weighted by molar-refractivity contribution is 0.102. The highest BCUT2D eigenvalue weighted by atomic mass is 35.5. The van der Waals surface area contributed by atoms with E-state index in [1.54, 1.807) is 18.3 Å². The van der Waals surface area contributed by atoms with Gasteiger partial charge in [-0.1, -0.05) is 11.6 Å². The highest BCUT2D eigenvalue weighted by molar-refractivity contribution is 6.32. The van der Waals surface area contributed by atoms with Gasteiger partial charge in [0.2, 0.25) is 0 Å². The maximum atomic E-state index is 12.6. The summed E-state index contributed by atoms with van der Waals surface area (Å²) >= 11 is 6.21. The number of ether oxygens (including phenoxy) is 2. The number of anilines is 2. The number of aromatic nitrogens is 1. The van der Waals surface area contributed by atoms with Crippen LogP contribution in [0.2, 0.25) is 5.02 Å². The average Bonchev–Trinajstić information content (AvgIpc) is 2.69. The van der Waals surface area contributed by atoms with Crippen molar-refractivity contribution in [2.24, 2.45) is 0 Å². The molecule has 4 rings (SSSR count). The number of piperazine rings is 1. The first-order chi connectivity index (χ1) is 13.1. The van der Waals surface area contributed by atoms with E-state index in [2.05, 4.69) is 27.1 Å². The van der Waals surface area contributed by atoms with E-state index in [4.69, 9.17) is 21.1 Å². The van der Waals surface area contributed by atoms with Crippen molar-refractivity contribution in [3.05, 3.63) is 41.0 Å². The molecule has 1 amide bonds. The minimum absolute atomic E-state index is 0.275. The molecule has 0 saturated carbocycles. The number of benzene rings is 1. The number of rotatable bonds is 3. The molecule has 3 heterocycles. The zero-order chi connectivity index (χ0) is 18.8. The number of nitrogens with one attached hydrogen (secondary N) is 1. The number of nitrogens with zero attached hydrogens (tertiary/aromatic N) is 3. The molecule has 1 aromatic heterocycles. The minimum atomic E-state index is -0.275. The Morgan fingerprint density at radius 1 is 1.15 bits per heavy atom. The van der Waals surface area contributed by atoms with Gasteiger partial charge in [-0.15, -0.1) is 0 Å². The Kier molecular flexibility index (Phi) is 5.05. The van der Waals surface area contributed by atoms with Crippen LogP contribution >= 0.6 is 11.6 Å². The van der Waals surface area contributed by atoms with Gasteiger partial charge in [0.05, 0.1) is 16.9 Å². The van der Waals surface area contributed by atoms with E-state index in [0.717, 1.165) is 32.0 Å². The minimum Gasteiger partial charge on any atom is -0.486 e. The summed E-state index contributed by atoms with van der Waals surface area (Å²) in [5, 5.41) is 3.21. The van der Waals surface area contributed by atoms with E-state index in [0.29, 0.717) is 41.0 Å². The Bertz CT molecular complexity index is 836. The molecule has 2 aliphatic heterocycles. The van der Waals surface area contributed by atoms with Gasteiger partial charge in [-0.2, -0.15) is 0 Å². The van der Waals surface area contributed by atoms with E-state index in [-0.39, 0.29) is 5.91 Å². The molecule has 0 spiro atoms. The third-order valence-corrected chi connectivity index (χ3v) is 4.97. The molecule has 27 heavy (non-hydrogen) atoms. The summed E-state index contributed by atoms with van der Waals surface area (Å²) in [6.07, 6.45) is 1.67. The van der Waals surface area contributed by atoms with Crippen LogP contribution in [0, 0.1) is 0 Å².